The van der Waals surface area contributed by atoms with Crippen molar-refractivity contribution in [3.8, 4) is 0 Å². The van der Waals surface area contributed by atoms with Crippen LogP contribution < -0.4 is 10.2 Å². The molecule has 6 nitrogen and oxygen atoms in total. The van der Waals surface area contributed by atoms with Crippen molar-refractivity contribution in [2.24, 2.45) is 0 Å². The average Bonchev–Trinajstić information content (AvgIpc) is 2.75. The largest absolute Gasteiger partial charge is 0.366 e. The zero-order chi connectivity index (χ0) is 18.3. The second-order valence-corrected chi connectivity index (χ2v) is 6.73. The van der Waals surface area contributed by atoms with E-state index in [1.807, 2.05) is 24.4 Å². The molecular weight excluding hydrogens is 336 g/mol. The van der Waals surface area contributed by atoms with Gasteiger partial charge in [0.05, 0.1) is 0 Å². The smallest absolute Gasteiger partial charge is 0.134 e. The van der Waals surface area contributed by atoms with Crippen molar-refractivity contribution in [3.05, 3.63) is 78.4 Å². The van der Waals surface area contributed by atoms with Gasteiger partial charge in [-0.05, 0) is 17.2 Å². The molecule has 1 N–H and O–H groups in total. The zero-order valence-corrected chi connectivity index (χ0v) is 15.3. The molecule has 4 rings (SSSR count). The van der Waals surface area contributed by atoms with E-state index in [2.05, 4.69) is 60.4 Å². The number of hydrogen-bond acceptors (Lipinski definition) is 6. The minimum absolute atomic E-state index is 0.704. The summed E-state index contributed by atoms with van der Waals surface area (Å²) >= 11 is 0. The molecule has 0 saturated carbocycles. The average molecular weight is 360 g/mol. The van der Waals surface area contributed by atoms with E-state index < -0.39 is 0 Å². The van der Waals surface area contributed by atoms with Crippen LogP contribution in [-0.2, 0) is 13.1 Å². The number of rotatable bonds is 6. The van der Waals surface area contributed by atoms with Crippen molar-refractivity contribution in [1.82, 2.24) is 19.9 Å². The molecule has 1 saturated heterocycles. The summed E-state index contributed by atoms with van der Waals surface area (Å²) in [7, 11) is 0. The lowest BCUT2D eigenvalue weighted by Crippen LogP contribution is -2.46. The number of hydrogen-bond donors (Lipinski definition) is 1. The van der Waals surface area contributed by atoms with E-state index in [-0.39, 0.29) is 0 Å². The molecule has 1 aromatic carbocycles. The monoisotopic (exact) mass is 360 g/mol. The third kappa shape index (κ3) is 4.80. The van der Waals surface area contributed by atoms with Gasteiger partial charge in [0.25, 0.3) is 0 Å². The van der Waals surface area contributed by atoms with Gasteiger partial charge in [0, 0.05) is 57.7 Å². The van der Waals surface area contributed by atoms with Crippen LogP contribution in [0.5, 0.6) is 0 Å². The van der Waals surface area contributed by atoms with E-state index >= 15 is 0 Å². The molecule has 0 bridgehead atoms. The van der Waals surface area contributed by atoms with Gasteiger partial charge >= 0.3 is 0 Å². The first kappa shape index (κ1) is 17.4. The molecule has 0 aliphatic carbocycles. The summed E-state index contributed by atoms with van der Waals surface area (Å²) < 4.78 is 0. The second-order valence-electron chi connectivity index (χ2n) is 6.73. The summed E-state index contributed by atoms with van der Waals surface area (Å²) in [6.07, 6.45) is 5.28. The standard InChI is InChI=1S/C21H24N6/c1-2-5-18(6-3-1)16-26-9-11-27(12-10-26)21-13-20(24-17-25-21)23-15-19-7-4-8-22-14-19/h1-8,13-14,17H,9-12,15-16H2,(H,23,24,25). The molecule has 0 spiro atoms. The van der Waals surface area contributed by atoms with Gasteiger partial charge in [0.15, 0.2) is 0 Å². The quantitative estimate of drug-likeness (QED) is 0.729. The highest BCUT2D eigenvalue weighted by molar-refractivity contribution is 5.49. The van der Waals surface area contributed by atoms with Gasteiger partial charge in [-0.1, -0.05) is 36.4 Å². The Hall–Kier alpha value is -2.99. The van der Waals surface area contributed by atoms with Crippen molar-refractivity contribution in [1.29, 1.82) is 0 Å². The van der Waals surface area contributed by atoms with E-state index in [1.165, 1.54) is 5.56 Å². The van der Waals surface area contributed by atoms with Crippen LogP contribution in [-0.4, -0.2) is 46.0 Å². The number of anilines is 2. The Bertz CT molecular complexity index is 832. The van der Waals surface area contributed by atoms with E-state index in [4.69, 9.17) is 0 Å². The molecule has 0 unspecified atom stereocenters. The highest BCUT2D eigenvalue weighted by Crippen LogP contribution is 2.17. The number of piperazine rings is 1. The highest BCUT2D eigenvalue weighted by atomic mass is 15.3. The fourth-order valence-corrected chi connectivity index (χ4v) is 3.29. The first-order valence-corrected chi connectivity index (χ1v) is 9.33. The van der Waals surface area contributed by atoms with Crippen molar-refractivity contribution >= 4 is 11.6 Å². The van der Waals surface area contributed by atoms with Crippen molar-refractivity contribution in [3.63, 3.8) is 0 Å². The van der Waals surface area contributed by atoms with Crippen LogP contribution in [0.25, 0.3) is 0 Å². The van der Waals surface area contributed by atoms with E-state index in [9.17, 15) is 0 Å². The van der Waals surface area contributed by atoms with Gasteiger partial charge in [0.1, 0.15) is 18.0 Å². The highest BCUT2D eigenvalue weighted by Gasteiger charge is 2.18. The van der Waals surface area contributed by atoms with Crippen molar-refractivity contribution in [2.45, 2.75) is 13.1 Å². The van der Waals surface area contributed by atoms with Crippen LogP contribution in [0.2, 0.25) is 0 Å². The number of aromatic nitrogens is 3. The number of nitrogens with one attached hydrogen (secondary N) is 1. The van der Waals surface area contributed by atoms with Gasteiger partial charge in [0.2, 0.25) is 0 Å². The maximum Gasteiger partial charge on any atom is 0.134 e. The minimum Gasteiger partial charge on any atom is -0.366 e. The molecule has 138 valence electrons. The Labute approximate surface area is 159 Å². The first-order chi connectivity index (χ1) is 13.4. The van der Waals surface area contributed by atoms with Crippen LogP contribution in [0.1, 0.15) is 11.1 Å². The lowest BCUT2D eigenvalue weighted by molar-refractivity contribution is 0.249. The molecular formula is C21H24N6. The van der Waals surface area contributed by atoms with E-state index in [0.717, 1.165) is 49.9 Å². The van der Waals surface area contributed by atoms with Gasteiger partial charge < -0.3 is 10.2 Å². The molecule has 0 amide bonds. The molecule has 3 heterocycles. The van der Waals surface area contributed by atoms with Crippen LogP contribution in [0.3, 0.4) is 0 Å². The summed E-state index contributed by atoms with van der Waals surface area (Å²) in [5, 5.41) is 3.35. The molecule has 27 heavy (non-hydrogen) atoms. The lowest BCUT2D eigenvalue weighted by atomic mass is 10.2. The van der Waals surface area contributed by atoms with Crippen LogP contribution in [0.4, 0.5) is 11.6 Å². The molecule has 6 heteroatoms. The SMILES string of the molecule is c1ccc(CN2CCN(c3cc(NCc4cccnc4)ncn3)CC2)cc1. The Morgan fingerprint density at radius 3 is 2.48 bits per heavy atom. The summed E-state index contributed by atoms with van der Waals surface area (Å²) in [5.41, 5.74) is 2.50. The first-order valence-electron chi connectivity index (χ1n) is 9.33. The van der Waals surface area contributed by atoms with Gasteiger partial charge in [-0.3, -0.25) is 9.88 Å². The third-order valence-corrected chi connectivity index (χ3v) is 4.79. The Kier molecular flexibility index (Phi) is 5.55. The van der Waals surface area contributed by atoms with Crippen LogP contribution >= 0.6 is 0 Å². The molecule has 1 aliphatic rings. The Morgan fingerprint density at radius 2 is 1.70 bits per heavy atom. The van der Waals surface area contributed by atoms with Crippen LogP contribution in [0, 0.1) is 0 Å². The Balaban J connectivity index is 1.32. The summed E-state index contributed by atoms with van der Waals surface area (Å²) in [6, 6.07) is 16.7. The summed E-state index contributed by atoms with van der Waals surface area (Å²) in [6.45, 7) is 5.75. The molecule has 3 aromatic rings. The van der Waals surface area contributed by atoms with E-state index in [1.54, 1.807) is 12.5 Å². The second kappa shape index (κ2) is 8.60. The minimum atomic E-state index is 0.704. The zero-order valence-electron chi connectivity index (χ0n) is 15.3. The van der Waals surface area contributed by atoms with E-state index in [0.29, 0.717) is 6.54 Å². The lowest BCUT2D eigenvalue weighted by Gasteiger charge is -2.35. The molecule has 1 aliphatic heterocycles. The topological polar surface area (TPSA) is 57.2 Å². The van der Waals surface area contributed by atoms with Gasteiger partial charge in [-0.25, -0.2) is 9.97 Å². The van der Waals surface area contributed by atoms with Crippen LogP contribution in [0.15, 0.2) is 67.3 Å². The predicted octanol–water partition coefficient (Wildman–Crippen LogP) is 2.81. The fraction of sp³-hybridized carbons (Fsp3) is 0.286. The summed E-state index contributed by atoms with van der Waals surface area (Å²) in [5.74, 6) is 1.83. The van der Waals surface area contributed by atoms with Crippen molar-refractivity contribution < 1.29 is 0 Å². The number of pyridine rings is 1. The molecule has 2 aromatic heterocycles. The predicted molar refractivity (Wildman–Crippen MR) is 108 cm³/mol. The number of benzene rings is 1. The molecule has 0 atom stereocenters. The summed E-state index contributed by atoms with van der Waals surface area (Å²) in [4.78, 5) is 17.8. The normalized spacial score (nSPS) is 14.9. The van der Waals surface area contributed by atoms with Gasteiger partial charge in [-0.15, -0.1) is 0 Å². The Morgan fingerprint density at radius 1 is 0.889 bits per heavy atom. The maximum atomic E-state index is 4.47. The van der Waals surface area contributed by atoms with Crippen molar-refractivity contribution in [2.75, 3.05) is 36.4 Å². The molecule has 0 radical (unpaired) electrons. The number of nitrogens with zero attached hydrogens (tertiary/aromatic N) is 5. The molecule has 1 fully saturated rings. The fourth-order valence-electron chi connectivity index (χ4n) is 3.29. The van der Waals surface area contributed by atoms with Gasteiger partial charge in [-0.2, -0.15) is 0 Å². The maximum absolute atomic E-state index is 4.47. The third-order valence-electron chi connectivity index (χ3n) is 4.79.